The number of fused-ring (bicyclic) bond motifs is 8. The van der Waals surface area contributed by atoms with Gasteiger partial charge in [0.25, 0.3) is 0 Å². The Morgan fingerprint density at radius 3 is 1.88 bits per heavy atom. The number of benzene rings is 3. The number of aromatic nitrogens is 6. The summed E-state index contributed by atoms with van der Waals surface area (Å²) >= 11 is 1.80. The Hall–Kier alpha value is -5.53. The molecule has 6 nitrogen and oxygen atoms in total. The van der Waals surface area contributed by atoms with Crippen molar-refractivity contribution in [2.45, 2.75) is 0 Å². The monoisotopic (exact) mass is 556 g/mol. The summed E-state index contributed by atoms with van der Waals surface area (Å²) in [6, 6.07) is 33.5. The molecule has 0 aliphatic rings. The van der Waals surface area contributed by atoms with Crippen molar-refractivity contribution in [3.8, 4) is 28.5 Å². The zero-order valence-corrected chi connectivity index (χ0v) is 23.0. The SMILES string of the molecule is c1ccc(-c2cc(-n3c4ccccc4c4ccc5c6cc7nccnc7cc6sc5c43)cc(-c3ccccn3)n2)nc1. The van der Waals surface area contributed by atoms with E-state index in [0.717, 1.165) is 45.0 Å². The van der Waals surface area contributed by atoms with Crippen molar-refractivity contribution < 1.29 is 0 Å². The zero-order chi connectivity index (χ0) is 27.6. The molecule has 7 heteroatoms. The lowest BCUT2D eigenvalue weighted by Gasteiger charge is -2.13. The van der Waals surface area contributed by atoms with E-state index >= 15 is 0 Å². The van der Waals surface area contributed by atoms with Gasteiger partial charge < -0.3 is 4.57 Å². The van der Waals surface area contributed by atoms with Crippen LogP contribution in [-0.4, -0.2) is 29.5 Å². The Morgan fingerprint density at radius 1 is 0.500 bits per heavy atom. The molecule has 196 valence electrons. The predicted octanol–water partition coefficient (Wildman–Crippen LogP) is 8.61. The van der Waals surface area contributed by atoms with E-state index < -0.39 is 0 Å². The maximum atomic E-state index is 5.02. The molecule has 3 aromatic carbocycles. The fraction of sp³-hybridized carbons (Fsp3) is 0. The van der Waals surface area contributed by atoms with Crippen molar-refractivity contribution in [3.63, 3.8) is 0 Å². The van der Waals surface area contributed by atoms with E-state index in [1.54, 1.807) is 36.1 Å². The first-order valence-corrected chi connectivity index (χ1v) is 14.5. The van der Waals surface area contributed by atoms with Gasteiger partial charge in [0.2, 0.25) is 0 Å². The molecular weight excluding hydrogens is 536 g/mol. The van der Waals surface area contributed by atoms with Gasteiger partial charge in [-0.3, -0.25) is 19.9 Å². The average Bonchev–Trinajstić information content (AvgIpc) is 3.59. The highest BCUT2D eigenvalue weighted by Gasteiger charge is 2.20. The third-order valence-corrected chi connectivity index (χ3v) is 8.96. The molecular formula is C35H20N6S. The van der Waals surface area contributed by atoms with Crippen molar-refractivity contribution in [2.24, 2.45) is 0 Å². The van der Waals surface area contributed by atoms with Crippen LogP contribution in [0.15, 0.2) is 122 Å². The lowest BCUT2D eigenvalue weighted by molar-refractivity contribution is 1.15. The molecule has 0 N–H and O–H groups in total. The summed E-state index contributed by atoms with van der Waals surface area (Å²) in [5.74, 6) is 0. The molecule has 0 aliphatic heterocycles. The summed E-state index contributed by atoms with van der Waals surface area (Å²) in [5, 5.41) is 4.82. The van der Waals surface area contributed by atoms with Crippen molar-refractivity contribution in [1.82, 2.24) is 29.5 Å². The molecule has 9 aromatic rings. The predicted molar refractivity (Wildman–Crippen MR) is 171 cm³/mol. The summed E-state index contributed by atoms with van der Waals surface area (Å²) in [7, 11) is 0. The van der Waals surface area contributed by atoms with Crippen LogP contribution in [0.2, 0.25) is 0 Å². The molecule has 0 bridgehead atoms. The first kappa shape index (κ1) is 23.2. The number of rotatable bonds is 3. The molecule has 0 saturated heterocycles. The topological polar surface area (TPSA) is 69.4 Å². The van der Waals surface area contributed by atoms with Gasteiger partial charge in [-0.1, -0.05) is 42.5 Å². The van der Waals surface area contributed by atoms with Gasteiger partial charge in [0.15, 0.2) is 0 Å². The first-order chi connectivity index (χ1) is 20.8. The van der Waals surface area contributed by atoms with Crippen molar-refractivity contribution in [3.05, 3.63) is 122 Å². The van der Waals surface area contributed by atoms with Crippen LogP contribution in [0, 0.1) is 0 Å². The Kier molecular flexibility index (Phi) is 4.97. The third-order valence-electron chi connectivity index (χ3n) is 7.79. The van der Waals surface area contributed by atoms with Crippen LogP contribution in [0.3, 0.4) is 0 Å². The minimum absolute atomic E-state index is 0.798. The van der Waals surface area contributed by atoms with Crippen LogP contribution in [-0.2, 0) is 0 Å². The quantitative estimate of drug-likeness (QED) is 0.218. The summed E-state index contributed by atoms with van der Waals surface area (Å²) in [6.07, 6.45) is 7.11. The molecule has 0 unspecified atom stereocenters. The summed E-state index contributed by atoms with van der Waals surface area (Å²) in [4.78, 5) is 23.4. The van der Waals surface area contributed by atoms with Gasteiger partial charge in [0.05, 0.1) is 55.2 Å². The molecule has 6 aromatic heterocycles. The maximum Gasteiger partial charge on any atom is 0.0915 e. The highest BCUT2D eigenvalue weighted by molar-refractivity contribution is 7.26. The second-order valence-corrected chi connectivity index (χ2v) is 11.3. The number of hydrogen-bond donors (Lipinski definition) is 0. The number of nitrogens with zero attached hydrogens (tertiary/aromatic N) is 6. The Balaban J connectivity index is 1.42. The van der Waals surface area contributed by atoms with E-state index in [9.17, 15) is 0 Å². The van der Waals surface area contributed by atoms with Gasteiger partial charge in [-0.25, -0.2) is 4.98 Å². The van der Waals surface area contributed by atoms with Crippen molar-refractivity contribution >= 4 is 64.3 Å². The van der Waals surface area contributed by atoms with Crippen LogP contribution < -0.4 is 0 Å². The van der Waals surface area contributed by atoms with Crippen LogP contribution in [0.4, 0.5) is 0 Å². The first-order valence-electron chi connectivity index (χ1n) is 13.7. The number of para-hydroxylation sites is 1. The molecule has 0 fully saturated rings. The van der Waals surface area contributed by atoms with Crippen LogP contribution >= 0.6 is 11.3 Å². The fourth-order valence-corrected chi connectivity index (χ4v) is 7.20. The molecule has 0 spiro atoms. The van der Waals surface area contributed by atoms with E-state index in [2.05, 4.69) is 85.2 Å². The summed E-state index contributed by atoms with van der Waals surface area (Å²) in [5.41, 5.74) is 8.35. The van der Waals surface area contributed by atoms with Gasteiger partial charge in [-0.2, -0.15) is 0 Å². The fourth-order valence-electron chi connectivity index (χ4n) is 5.94. The van der Waals surface area contributed by atoms with Crippen molar-refractivity contribution in [2.75, 3.05) is 0 Å². The molecule has 0 atom stereocenters. The highest BCUT2D eigenvalue weighted by atomic mass is 32.1. The minimum Gasteiger partial charge on any atom is -0.308 e. The maximum absolute atomic E-state index is 5.02. The average molecular weight is 557 g/mol. The lowest BCUT2D eigenvalue weighted by atomic mass is 10.1. The molecule has 42 heavy (non-hydrogen) atoms. The van der Waals surface area contributed by atoms with Gasteiger partial charge in [0.1, 0.15) is 0 Å². The molecule has 0 radical (unpaired) electrons. The zero-order valence-electron chi connectivity index (χ0n) is 22.1. The van der Waals surface area contributed by atoms with E-state index in [1.807, 2.05) is 36.4 Å². The van der Waals surface area contributed by atoms with Gasteiger partial charge in [-0.15, -0.1) is 11.3 Å². The molecule has 9 rings (SSSR count). The Morgan fingerprint density at radius 2 is 1.17 bits per heavy atom. The number of pyridine rings is 3. The molecule has 6 heterocycles. The summed E-state index contributed by atoms with van der Waals surface area (Å²) < 4.78 is 4.80. The van der Waals surface area contributed by atoms with E-state index in [4.69, 9.17) is 4.98 Å². The largest absolute Gasteiger partial charge is 0.308 e. The molecule has 0 saturated carbocycles. The third kappa shape index (κ3) is 3.47. The second kappa shape index (κ2) is 8.99. The Labute approximate surface area is 243 Å². The number of thiophene rings is 1. The summed E-state index contributed by atoms with van der Waals surface area (Å²) in [6.45, 7) is 0. The molecule has 0 aliphatic carbocycles. The second-order valence-electron chi connectivity index (χ2n) is 10.2. The minimum atomic E-state index is 0.798. The van der Waals surface area contributed by atoms with E-state index in [-0.39, 0.29) is 0 Å². The van der Waals surface area contributed by atoms with Crippen LogP contribution in [0.5, 0.6) is 0 Å². The van der Waals surface area contributed by atoms with Crippen molar-refractivity contribution in [1.29, 1.82) is 0 Å². The normalized spacial score (nSPS) is 11.8. The van der Waals surface area contributed by atoms with Gasteiger partial charge in [0, 0.05) is 51.0 Å². The molecule has 0 amide bonds. The Bertz CT molecular complexity index is 2410. The highest BCUT2D eigenvalue weighted by Crippen LogP contribution is 2.44. The van der Waals surface area contributed by atoms with Crippen LogP contribution in [0.25, 0.3) is 81.5 Å². The van der Waals surface area contributed by atoms with Gasteiger partial charge >= 0.3 is 0 Å². The lowest BCUT2D eigenvalue weighted by Crippen LogP contribution is -1.99. The standard InChI is InChI=1S/C35H20N6S/c1-2-10-32-22(7-1)23-11-12-24-25-19-28-29(39-16-15-38-28)20-33(25)42-35(24)34(23)41(32)21-17-30(26-8-3-5-13-36-26)40-31(18-21)27-9-4-6-14-37-27/h1-20H. The number of hydrogen-bond acceptors (Lipinski definition) is 6. The smallest absolute Gasteiger partial charge is 0.0915 e. The van der Waals surface area contributed by atoms with Gasteiger partial charge in [-0.05, 0) is 54.6 Å². The van der Waals surface area contributed by atoms with Crippen LogP contribution in [0.1, 0.15) is 0 Å². The van der Waals surface area contributed by atoms with E-state index in [0.29, 0.717) is 0 Å². The van der Waals surface area contributed by atoms with E-state index in [1.165, 1.54) is 36.5 Å².